The van der Waals surface area contributed by atoms with Crippen molar-refractivity contribution in [1.29, 1.82) is 0 Å². The van der Waals surface area contributed by atoms with E-state index in [1.807, 2.05) is 0 Å². The minimum Gasteiger partial charge on any atom is -0.356 e. The zero-order valence-electron chi connectivity index (χ0n) is 7.39. The van der Waals surface area contributed by atoms with Gasteiger partial charge in [0.15, 0.2) is 5.96 Å². The number of hydrogen-bond donors (Lipinski definition) is 1. The summed E-state index contributed by atoms with van der Waals surface area (Å²) >= 11 is 0. The molecule has 0 amide bonds. The van der Waals surface area contributed by atoms with Gasteiger partial charge in [-0.2, -0.15) is 0 Å². The van der Waals surface area contributed by atoms with Gasteiger partial charge in [0.2, 0.25) is 0 Å². The molecule has 2 aliphatic heterocycles. The average Bonchev–Trinajstić information content (AvgIpc) is 2.48. The Hall–Kier alpha value is -0.870. The number of nitrogens with zero attached hydrogens (tertiary/aromatic N) is 2. The number of halogens is 2. The molecule has 0 radical (unpaired) electrons. The van der Waals surface area contributed by atoms with E-state index in [0.717, 1.165) is 19.5 Å². The monoisotopic (exact) mass is 189 g/mol. The van der Waals surface area contributed by atoms with Gasteiger partial charge >= 0.3 is 0 Å². The van der Waals surface area contributed by atoms with Crippen molar-refractivity contribution in [2.45, 2.75) is 18.8 Å². The summed E-state index contributed by atoms with van der Waals surface area (Å²) in [6.45, 7) is 1.84. The fourth-order valence-electron chi connectivity index (χ4n) is 1.65. The Labute approximate surface area is 75.8 Å². The Balaban J connectivity index is 1.99. The second-order valence-corrected chi connectivity index (χ2v) is 3.51. The smallest absolute Gasteiger partial charge is 0.267 e. The molecule has 0 aromatic heterocycles. The molecule has 0 aromatic carbocycles. The molecule has 0 unspecified atom stereocenters. The number of nitrogens with one attached hydrogen (secondary N) is 1. The highest BCUT2D eigenvalue weighted by atomic mass is 19.3. The van der Waals surface area contributed by atoms with Crippen LogP contribution >= 0.6 is 0 Å². The highest BCUT2D eigenvalue weighted by molar-refractivity contribution is 5.80. The standard InChI is InChI=1S/C8H13F2N3/c9-8(10)2-5-13(6-8)7-11-3-1-4-12-7/h1-6H2,(H,11,12). The van der Waals surface area contributed by atoms with Crippen LogP contribution in [0.5, 0.6) is 0 Å². The first-order valence-corrected chi connectivity index (χ1v) is 4.58. The Morgan fingerprint density at radius 1 is 1.46 bits per heavy atom. The van der Waals surface area contributed by atoms with Crippen LogP contribution in [0, 0.1) is 0 Å². The summed E-state index contributed by atoms with van der Waals surface area (Å²) in [4.78, 5) is 5.81. The van der Waals surface area contributed by atoms with Gasteiger partial charge in [0.05, 0.1) is 6.54 Å². The van der Waals surface area contributed by atoms with Crippen molar-refractivity contribution < 1.29 is 8.78 Å². The summed E-state index contributed by atoms with van der Waals surface area (Å²) < 4.78 is 25.7. The quantitative estimate of drug-likeness (QED) is 0.606. The summed E-state index contributed by atoms with van der Waals surface area (Å²) in [5.41, 5.74) is 0. The zero-order valence-corrected chi connectivity index (χ0v) is 7.39. The predicted octanol–water partition coefficient (Wildman–Crippen LogP) is 0.677. The molecule has 0 aliphatic carbocycles. The van der Waals surface area contributed by atoms with Crippen LogP contribution in [0.2, 0.25) is 0 Å². The summed E-state index contributed by atoms with van der Waals surface area (Å²) in [6, 6.07) is 0. The highest BCUT2D eigenvalue weighted by Crippen LogP contribution is 2.26. The van der Waals surface area contributed by atoms with Crippen molar-refractivity contribution in [2.24, 2.45) is 4.99 Å². The lowest BCUT2D eigenvalue weighted by molar-refractivity contribution is 0.0173. The van der Waals surface area contributed by atoms with Crippen LogP contribution in [-0.2, 0) is 0 Å². The summed E-state index contributed by atoms with van der Waals surface area (Å²) in [5, 5.41) is 3.04. The van der Waals surface area contributed by atoms with E-state index in [9.17, 15) is 8.78 Å². The lowest BCUT2D eigenvalue weighted by atomic mass is 10.3. The third-order valence-electron chi connectivity index (χ3n) is 2.35. The van der Waals surface area contributed by atoms with E-state index in [1.54, 1.807) is 4.90 Å². The van der Waals surface area contributed by atoms with Gasteiger partial charge in [-0.25, -0.2) is 8.78 Å². The van der Waals surface area contributed by atoms with Crippen molar-refractivity contribution in [2.75, 3.05) is 26.2 Å². The molecular weight excluding hydrogens is 176 g/mol. The Morgan fingerprint density at radius 2 is 2.31 bits per heavy atom. The molecule has 2 heterocycles. The maximum absolute atomic E-state index is 12.8. The van der Waals surface area contributed by atoms with Crippen LogP contribution in [0.25, 0.3) is 0 Å². The molecule has 2 aliphatic rings. The SMILES string of the molecule is FC1(F)CCN(C2=NCCCN2)C1. The predicted molar refractivity (Wildman–Crippen MR) is 46.1 cm³/mol. The number of rotatable bonds is 0. The largest absolute Gasteiger partial charge is 0.356 e. The number of aliphatic imine (C=N–C) groups is 1. The third-order valence-corrected chi connectivity index (χ3v) is 2.35. The van der Waals surface area contributed by atoms with Crippen LogP contribution in [0.15, 0.2) is 4.99 Å². The molecule has 1 saturated heterocycles. The molecule has 0 aromatic rings. The van der Waals surface area contributed by atoms with Gasteiger partial charge in [-0.1, -0.05) is 0 Å². The minimum absolute atomic E-state index is 0.0479. The molecule has 13 heavy (non-hydrogen) atoms. The molecule has 1 fully saturated rings. The van der Waals surface area contributed by atoms with E-state index in [2.05, 4.69) is 10.3 Å². The van der Waals surface area contributed by atoms with Crippen molar-refractivity contribution in [1.82, 2.24) is 10.2 Å². The van der Waals surface area contributed by atoms with Crippen molar-refractivity contribution in [3.63, 3.8) is 0 Å². The molecule has 1 N–H and O–H groups in total. The van der Waals surface area contributed by atoms with Crippen LogP contribution in [-0.4, -0.2) is 43.0 Å². The Morgan fingerprint density at radius 3 is 2.85 bits per heavy atom. The van der Waals surface area contributed by atoms with E-state index in [1.165, 1.54) is 0 Å². The summed E-state index contributed by atoms with van der Waals surface area (Å²) in [5.74, 6) is -1.87. The fourth-order valence-corrected chi connectivity index (χ4v) is 1.65. The molecule has 74 valence electrons. The van der Waals surface area contributed by atoms with Gasteiger partial charge in [0, 0.05) is 26.1 Å². The lowest BCUT2D eigenvalue weighted by Gasteiger charge is -2.24. The van der Waals surface area contributed by atoms with E-state index < -0.39 is 5.92 Å². The van der Waals surface area contributed by atoms with Gasteiger partial charge in [0.1, 0.15) is 0 Å². The van der Waals surface area contributed by atoms with Gasteiger partial charge < -0.3 is 10.2 Å². The molecular formula is C8H13F2N3. The Bertz CT molecular complexity index is 227. The van der Waals surface area contributed by atoms with Gasteiger partial charge in [-0.05, 0) is 6.42 Å². The van der Waals surface area contributed by atoms with E-state index >= 15 is 0 Å². The molecule has 5 heteroatoms. The van der Waals surface area contributed by atoms with Crippen LogP contribution in [0.4, 0.5) is 8.78 Å². The van der Waals surface area contributed by atoms with Crippen LogP contribution in [0.3, 0.4) is 0 Å². The highest BCUT2D eigenvalue weighted by Gasteiger charge is 2.39. The summed E-state index contributed by atoms with van der Waals surface area (Å²) in [7, 11) is 0. The molecule has 3 nitrogen and oxygen atoms in total. The molecule has 2 rings (SSSR count). The van der Waals surface area contributed by atoms with E-state index in [0.29, 0.717) is 12.5 Å². The molecule has 0 bridgehead atoms. The lowest BCUT2D eigenvalue weighted by Crippen LogP contribution is -2.43. The van der Waals surface area contributed by atoms with Crippen molar-refractivity contribution in [3.05, 3.63) is 0 Å². The van der Waals surface area contributed by atoms with E-state index in [4.69, 9.17) is 0 Å². The van der Waals surface area contributed by atoms with Gasteiger partial charge in [0.25, 0.3) is 5.92 Å². The fraction of sp³-hybridized carbons (Fsp3) is 0.875. The van der Waals surface area contributed by atoms with Crippen molar-refractivity contribution in [3.8, 4) is 0 Å². The van der Waals surface area contributed by atoms with Crippen LogP contribution in [0.1, 0.15) is 12.8 Å². The van der Waals surface area contributed by atoms with E-state index in [-0.39, 0.29) is 13.0 Å². The average molecular weight is 189 g/mol. The van der Waals surface area contributed by atoms with Gasteiger partial charge in [-0.15, -0.1) is 0 Å². The third kappa shape index (κ3) is 1.89. The Kier molecular flexibility index (Phi) is 2.09. The number of likely N-dealkylation sites (tertiary alicyclic amines) is 1. The van der Waals surface area contributed by atoms with Gasteiger partial charge in [-0.3, -0.25) is 4.99 Å². The number of hydrogen-bond acceptors (Lipinski definition) is 3. The maximum atomic E-state index is 12.8. The zero-order chi connectivity index (χ0) is 9.31. The minimum atomic E-state index is -2.53. The van der Waals surface area contributed by atoms with Crippen molar-refractivity contribution >= 4 is 5.96 Å². The maximum Gasteiger partial charge on any atom is 0.267 e. The first-order valence-electron chi connectivity index (χ1n) is 4.58. The second kappa shape index (κ2) is 3.12. The topological polar surface area (TPSA) is 27.6 Å². The number of guanidine groups is 1. The first kappa shape index (κ1) is 8.72. The van der Waals surface area contributed by atoms with Crippen LogP contribution < -0.4 is 5.32 Å². The number of alkyl halides is 2. The molecule has 0 saturated carbocycles. The molecule has 0 atom stereocenters. The first-order chi connectivity index (χ1) is 6.17. The normalized spacial score (nSPS) is 26.9. The summed E-state index contributed by atoms with van der Waals surface area (Å²) in [6.07, 6.45) is 0.946. The second-order valence-electron chi connectivity index (χ2n) is 3.51. The molecule has 0 spiro atoms.